The summed E-state index contributed by atoms with van der Waals surface area (Å²) < 4.78 is 0. The Morgan fingerprint density at radius 2 is 1.62 bits per heavy atom. The molecule has 160 valence electrons. The molecule has 0 aliphatic heterocycles. The summed E-state index contributed by atoms with van der Waals surface area (Å²) in [7, 11) is 0. The third kappa shape index (κ3) is 4.43. The summed E-state index contributed by atoms with van der Waals surface area (Å²) in [5, 5.41) is 6.84. The van der Waals surface area contributed by atoms with E-state index < -0.39 is 5.91 Å². The van der Waals surface area contributed by atoms with E-state index in [0.29, 0.717) is 29.9 Å². The number of anilines is 2. The number of hydrogen-bond acceptors (Lipinski definition) is 5. The number of amides is 2. The number of rotatable bonds is 7. The smallest absolute Gasteiger partial charge is 0.252 e. The molecule has 0 fully saturated rings. The minimum Gasteiger partial charge on any atom is -0.365 e. The van der Waals surface area contributed by atoms with Crippen LogP contribution >= 0.6 is 0 Å². The van der Waals surface area contributed by atoms with Gasteiger partial charge in [0.05, 0.1) is 16.8 Å². The van der Waals surface area contributed by atoms with Crippen LogP contribution in [0.25, 0.3) is 22.0 Å². The number of pyridine rings is 1. The molecule has 0 bridgehead atoms. The van der Waals surface area contributed by atoms with Crippen LogP contribution < -0.4 is 22.1 Å². The summed E-state index contributed by atoms with van der Waals surface area (Å²) >= 11 is 0. The van der Waals surface area contributed by atoms with E-state index in [1.165, 1.54) is 6.20 Å². The first-order chi connectivity index (χ1) is 15.6. The highest BCUT2D eigenvalue weighted by Gasteiger charge is 2.14. The number of hydrogen-bond donors (Lipinski definition) is 4. The number of aromatic nitrogens is 1. The van der Waals surface area contributed by atoms with Crippen molar-refractivity contribution < 1.29 is 9.59 Å². The van der Waals surface area contributed by atoms with Crippen LogP contribution in [0, 0.1) is 0 Å². The summed E-state index contributed by atoms with van der Waals surface area (Å²) in [5.41, 5.74) is 16.0. The fourth-order valence-electron chi connectivity index (χ4n) is 3.46. The number of carbonyl (C=O) groups excluding carboxylic acids is 2. The van der Waals surface area contributed by atoms with Gasteiger partial charge in [0.15, 0.2) is 0 Å². The van der Waals surface area contributed by atoms with Gasteiger partial charge in [0.2, 0.25) is 0 Å². The van der Waals surface area contributed by atoms with Crippen LogP contribution in [0.4, 0.5) is 11.4 Å². The van der Waals surface area contributed by atoms with Crippen molar-refractivity contribution in [2.75, 3.05) is 18.4 Å². The lowest BCUT2D eigenvalue weighted by atomic mass is 10.0. The number of carbonyl (C=O) groups is 2. The Bertz CT molecular complexity index is 1270. The Balaban J connectivity index is 1.69. The van der Waals surface area contributed by atoms with E-state index in [9.17, 15) is 9.59 Å². The van der Waals surface area contributed by atoms with Gasteiger partial charge < -0.3 is 22.1 Å². The van der Waals surface area contributed by atoms with Crippen molar-refractivity contribution in [2.45, 2.75) is 0 Å². The second-order valence-electron chi connectivity index (χ2n) is 7.26. The average Bonchev–Trinajstić information content (AvgIpc) is 2.83. The molecule has 7 nitrogen and oxygen atoms in total. The molecule has 1 aromatic heterocycles. The molecule has 0 spiro atoms. The summed E-state index contributed by atoms with van der Waals surface area (Å²) in [4.78, 5) is 28.5. The van der Waals surface area contributed by atoms with Crippen molar-refractivity contribution >= 4 is 34.1 Å². The zero-order valence-corrected chi connectivity index (χ0v) is 17.3. The number of nitrogens with one attached hydrogen (secondary N) is 2. The predicted octanol–water partition coefficient (Wildman–Crippen LogP) is 3.43. The van der Waals surface area contributed by atoms with Gasteiger partial charge in [-0.2, -0.15) is 0 Å². The number of primary amides is 1. The Labute approximate surface area is 185 Å². The van der Waals surface area contributed by atoms with Crippen LogP contribution in [0.3, 0.4) is 0 Å². The summed E-state index contributed by atoms with van der Waals surface area (Å²) in [6, 6.07) is 22.7. The highest BCUT2D eigenvalue weighted by atomic mass is 16.2. The maximum atomic E-state index is 12.1. The van der Waals surface area contributed by atoms with Crippen molar-refractivity contribution in [1.29, 1.82) is 0 Å². The van der Waals surface area contributed by atoms with E-state index in [0.717, 1.165) is 27.7 Å². The monoisotopic (exact) mass is 425 g/mol. The van der Waals surface area contributed by atoms with E-state index in [1.54, 1.807) is 12.1 Å². The van der Waals surface area contributed by atoms with Crippen molar-refractivity contribution in [1.82, 2.24) is 10.3 Å². The lowest BCUT2D eigenvalue weighted by Crippen LogP contribution is -2.28. The van der Waals surface area contributed by atoms with Crippen molar-refractivity contribution in [3.8, 4) is 11.1 Å². The Morgan fingerprint density at radius 3 is 2.31 bits per heavy atom. The molecule has 0 saturated carbocycles. The zero-order valence-electron chi connectivity index (χ0n) is 17.3. The molecule has 0 saturated heterocycles. The molecule has 4 aromatic rings. The number of nitrogens with zero attached hydrogens (tertiary/aromatic N) is 1. The highest BCUT2D eigenvalue weighted by molar-refractivity contribution is 6.08. The molecule has 0 unspecified atom stereocenters. The molecular formula is C25H23N5O2. The van der Waals surface area contributed by atoms with Crippen LogP contribution in [0.5, 0.6) is 0 Å². The average molecular weight is 425 g/mol. The molecule has 0 aliphatic carbocycles. The van der Waals surface area contributed by atoms with Gasteiger partial charge in [-0.25, -0.2) is 0 Å². The van der Waals surface area contributed by atoms with Gasteiger partial charge in [-0.3, -0.25) is 14.6 Å². The minimum absolute atomic E-state index is 0.155. The van der Waals surface area contributed by atoms with Gasteiger partial charge in [-0.15, -0.1) is 0 Å². The van der Waals surface area contributed by atoms with Gasteiger partial charge in [0, 0.05) is 35.9 Å². The standard InChI is InChI=1S/C25H23N5O2/c26-12-13-28-25(32)17-8-6-16(7-9-17)18-10-11-20-22(14-18)29-15-21(24(27)31)23(20)30-19-4-2-1-3-5-19/h1-11,14-15H,12-13,26H2,(H2,27,31)(H,28,32)(H,29,30). The van der Waals surface area contributed by atoms with E-state index in [-0.39, 0.29) is 5.91 Å². The molecule has 0 aliphatic rings. The number of fused-ring (bicyclic) bond motifs is 1. The first-order valence-corrected chi connectivity index (χ1v) is 10.2. The SMILES string of the molecule is NCCNC(=O)c1ccc(-c2ccc3c(Nc4ccccc4)c(C(N)=O)cnc3c2)cc1. The van der Waals surface area contributed by atoms with Crippen molar-refractivity contribution in [3.63, 3.8) is 0 Å². The van der Waals surface area contributed by atoms with Crippen LogP contribution in [-0.4, -0.2) is 29.9 Å². The molecule has 2 amide bonds. The topological polar surface area (TPSA) is 123 Å². The molecule has 7 heteroatoms. The zero-order chi connectivity index (χ0) is 22.5. The highest BCUT2D eigenvalue weighted by Crippen LogP contribution is 2.32. The quantitative estimate of drug-likeness (QED) is 0.361. The van der Waals surface area contributed by atoms with E-state index >= 15 is 0 Å². The Kier molecular flexibility index (Phi) is 6.10. The van der Waals surface area contributed by atoms with Gasteiger partial charge >= 0.3 is 0 Å². The Morgan fingerprint density at radius 1 is 0.906 bits per heavy atom. The normalized spacial score (nSPS) is 10.7. The lowest BCUT2D eigenvalue weighted by molar-refractivity contribution is 0.0953. The maximum absolute atomic E-state index is 12.1. The van der Waals surface area contributed by atoms with Gasteiger partial charge in [0.1, 0.15) is 0 Å². The fraction of sp³-hybridized carbons (Fsp3) is 0.0800. The van der Waals surface area contributed by atoms with Crippen LogP contribution in [0.2, 0.25) is 0 Å². The molecule has 0 atom stereocenters. The number of nitrogens with two attached hydrogens (primary N) is 2. The predicted molar refractivity (Wildman–Crippen MR) is 127 cm³/mol. The largest absolute Gasteiger partial charge is 0.365 e. The van der Waals surface area contributed by atoms with E-state index in [2.05, 4.69) is 15.6 Å². The second kappa shape index (κ2) is 9.28. The summed E-state index contributed by atoms with van der Waals surface area (Å²) in [6.45, 7) is 0.829. The lowest BCUT2D eigenvalue weighted by Gasteiger charge is -2.14. The molecule has 6 N–H and O–H groups in total. The van der Waals surface area contributed by atoms with Gasteiger partial charge in [-0.05, 0) is 41.5 Å². The summed E-state index contributed by atoms with van der Waals surface area (Å²) in [5.74, 6) is -0.705. The fourth-order valence-corrected chi connectivity index (χ4v) is 3.46. The van der Waals surface area contributed by atoms with E-state index in [1.807, 2.05) is 60.7 Å². The van der Waals surface area contributed by atoms with Crippen LogP contribution in [0.1, 0.15) is 20.7 Å². The maximum Gasteiger partial charge on any atom is 0.252 e. The summed E-state index contributed by atoms with van der Waals surface area (Å²) in [6.07, 6.45) is 1.49. The minimum atomic E-state index is -0.551. The molecule has 0 radical (unpaired) electrons. The third-order valence-corrected chi connectivity index (χ3v) is 5.09. The van der Waals surface area contributed by atoms with Crippen molar-refractivity contribution in [3.05, 3.63) is 90.1 Å². The Hall–Kier alpha value is -4.23. The van der Waals surface area contributed by atoms with Crippen LogP contribution in [0.15, 0.2) is 79.0 Å². The molecule has 4 rings (SSSR count). The molecule has 1 heterocycles. The molecule has 3 aromatic carbocycles. The number of benzene rings is 3. The first-order valence-electron chi connectivity index (χ1n) is 10.2. The third-order valence-electron chi connectivity index (χ3n) is 5.09. The van der Waals surface area contributed by atoms with Crippen LogP contribution in [-0.2, 0) is 0 Å². The van der Waals surface area contributed by atoms with Gasteiger partial charge in [-0.1, -0.05) is 42.5 Å². The van der Waals surface area contributed by atoms with Gasteiger partial charge in [0.25, 0.3) is 11.8 Å². The number of para-hydroxylation sites is 1. The van der Waals surface area contributed by atoms with E-state index in [4.69, 9.17) is 11.5 Å². The van der Waals surface area contributed by atoms with Crippen molar-refractivity contribution in [2.24, 2.45) is 11.5 Å². The molecule has 32 heavy (non-hydrogen) atoms. The molecular weight excluding hydrogens is 402 g/mol. The second-order valence-corrected chi connectivity index (χ2v) is 7.26. The first kappa shape index (κ1) is 21.0.